The zero-order valence-electron chi connectivity index (χ0n) is 20.8. The third-order valence-electron chi connectivity index (χ3n) is 6.73. The highest BCUT2D eigenvalue weighted by Gasteiger charge is 2.22. The van der Waals surface area contributed by atoms with E-state index in [4.69, 9.17) is 9.47 Å². The van der Waals surface area contributed by atoms with Gasteiger partial charge < -0.3 is 9.47 Å². The highest BCUT2D eigenvalue weighted by atomic mass is 19.2. The quantitative estimate of drug-likeness (QED) is 0.201. The number of allylic oxidation sites excluding steroid dienone is 2. The molecule has 0 saturated carbocycles. The molecule has 37 heavy (non-hydrogen) atoms. The summed E-state index contributed by atoms with van der Waals surface area (Å²) in [4.78, 5) is 0. The first-order valence-corrected chi connectivity index (χ1v) is 12.5. The number of hydrogen-bond donors (Lipinski definition) is 0. The van der Waals surface area contributed by atoms with Crippen molar-refractivity contribution in [2.45, 2.75) is 39.0 Å². The molecule has 2 nitrogen and oxygen atoms in total. The van der Waals surface area contributed by atoms with Crippen LogP contribution in [0.2, 0.25) is 0 Å². The molecule has 0 saturated heterocycles. The molecule has 0 bridgehead atoms. The molecule has 1 aliphatic rings. The zero-order chi connectivity index (χ0) is 26.4. The predicted octanol–water partition coefficient (Wildman–Crippen LogP) is 8.69. The molecule has 0 fully saturated rings. The number of aryl methyl sites for hydroxylation is 1. The van der Waals surface area contributed by atoms with Crippen LogP contribution in [0.15, 0.2) is 67.3 Å². The first-order chi connectivity index (χ1) is 17.9. The fourth-order valence-electron chi connectivity index (χ4n) is 4.70. The van der Waals surface area contributed by atoms with Crippen LogP contribution in [0.1, 0.15) is 43.7 Å². The zero-order valence-corrected chi connectivity index (χ0v) is 20.8. The fraction of sp³-hybridized carbons (Fsp3) is 0.290. The van der Waals surface area contributed by atoms with Gasteiger partial charge in [0.2, 0.25) is 5.82 Å². The maximum absolute atomic E-state index is 14.9. The lowest BCUT2D eigenvalue weighted by atomic mass is 9.83. The molecule has 1 unspecified atom stereocenters. The smallest absolute Gasteiger partial charge is 0.201 e. The molecule has 3 aromatic rings. The number of ether oxygens (including phenoxy) is 2. The number of rotatable bonds is 10. The van der Waals surface area contributed by atoms with Gasteiger partial charge in [-0.15, -0.1) is 0 Å². The molecule has 4 rings (SSSR count). The summed E-state index contributed by atoms with van der Waals surface area (Å²) in [6.07, 6.45) is 6.47. The Morgan fingerprint density at radius 1 is 0.865 bits per heavy atom. The van der Waals surface area contributed by atoms with Gasteiger partial charge in [-0.2, -0.15) is 4.39 Å². The Balaban J connectivity index is 1.39. The van der Waals surface area contributed by atoms with Gasteiger partial charge in [-0.3, -0.25) is 0 Å². The SMILES string of the molecule is C=CCOc1ccc(C2=CCC(CCc3ccc(-c4ccc(OCC)cc4)c(F)c3F)CC2)c(F)c1F. The van der Waals surface area contributed by atoms with Crippen LogP contribution < -0.4 is 9.47 Å². The lowest BCUT2D eigenvalue weighted by Crippen LogP contribution is -2.09. The predicted molar refractivity (Wildman–Crippen MR) is 139 cm³/mol. The van der Waals surface area contributed by atoms with E-state index in [1.54, 1.807) is 36.4 Å². The summed E-state index contributed by atoms with van der Waals surface area (Å²) in [6, 6.07) is 13.1. The Bertz CT molecular complexity index is 1280. The van der Waals surface area contributed by atoms with Crippen molar-refractivity contribution >= 4 is 5.57 Å². The number of benzene rings is 3. The van der Waals surface area contributed by atoms with Crippen molar-refractivity contribution in [2.75, 3.05) is 13.2 Å². The molecule has 0 heterocycles. The van der Waals surface area contributed by atoms with Crippen molar-refractivity contribution in [3.63, 3.8) is 0 Å². The molecule has 0 aromatic heterocycles. The van der Waals surface area contributed by atoms with Gasteiger partial charge in [-0.25, -0.2) is 13.2 Å². The summed E-state index contributed by atoms with van der Waals surface area (Å²) in [7, 11) is 0. The van der Waals surface area contributed by atoms with E-state index in [1.165, 1.54) is 18.2 Å². The molecular weight excluding hydrogens is 480 g/mol. The highest BCUT2D eigenvalue weighted by molar-refractivity contribution is 5.68. The third kappa shape index (κ3) is 6.07. The molecule has 6 heteroatoms. The van der Waals surface area contributed by atoms with Crippen LogP contribution in [0.4, 0.5) is 17.6 Å². The molecular formula is C31H30F4O2. The van der Waals surface area contributed by atoms with Crippen LogP contribution in [-0.4, -0.2) is 13.2 Å². The van der Waals surface area contributed by atoms with Crippen LogP contribution >= 0.6 is 0 Å². The van der Waals surface area contributed by atoms with E-state index in [0.29, 0.717) is 49.2 Å². The lowest BCUT2D eigenvalue weighted by molar-refractivity contribution is 0.332. The van der Waals surface area contributed by atoms with Gasteiger partial charge in [0.05, 0.1) is 6.61 Å². The Morgan fingerprint density at radius 3 is 2.27 bits per heavy atom. The first-order valence-electron chi connectivity index (χ1n) is 12.5. The minimum Gasteiger partial charge on any atom is -0.494 e. The highest BCUT2D eigenvalue weighted by Crippen LogP contribution is 2.36. The Kier molecular flexibility index (Phi) is 8.70. The Morgan fingerprint density at radius 2 is 1.59 bits per heavy atom. The van der Waals surface area contributed by atoms with Crippen LogP contribution in [0, 0.1) is 29.2 Å². The largest absolute Gasteiger partial charge is 0.494 e. The van der Waals surface area contributed by atoms with E-state index < -0.39 is 23.3 Å². The summed E-state index contributed by atoms with van der Waals surface area (Å²) in [5, 5.41) is 0. The summed E-state index contributed by atoms with van der Waals surface area (Å²) in [6.45, 7) is 6.00. The Hall–Kier alpha value is -3.54. The van der Waals surface area contributed by atoms with Gasteiger partial charge in [0.15, 0.2) is 23.2 Å². The normalized spacial score (nSPS) is 15.3. The molecule has 3 aromatic carbocycles. The summed E-state index contributed by atoms with van der Waals surface area (Å²) < 4.78 is 69.3. The van der Waals surface area contributed by atoms with Crippen LogP contribution in [0.5, 0.6) is 11.5 Å². The molecule has 0 N–H and O–H groups in total. The van der Waals surface area contributed by atoms with Gasteiger partial charge in [0, 0.05) is 11.1 Å². The van der Waals surface area contributed by atoms with Crippen LogP contribution in [0.25, 0.3) is 16.7 Å². The second kappa shape index (κ2) is 12.1. The molecule has 194 valence electrons. The second-order valence-corrected chi connectivity index (χ2v) is 9.10. The van der Waals surface area contributed by atoms with Crippen molar-refractivity contribution < 1.29 is 27.0 Å². The molecule has 0 aliphatic heterocycles. The summed E-state index contributed by atoms with van der Waals surface area (Å²) in [5.74, 6) is -2.82. The minimum absolute atomic E-state index is 0.0921. The van der Waals surface area contributed by atoms with E-state index in [9.17, 15) is 17.6 Å². The molecule has 0 amide bonds. The van der Waals surface area contributed by atoms with Crippen molar-refractivity contribution in [2.24, 2.45) is 5.92 Å². The monoisotopic (exact) mass is 510 g/mol. The van der Waals surface area contributed by atoms with Gasteiger partial charge in [-0.05, 0) is 85.9 Å². The van der Waals surface area contributed by atoms with Gasteiger partial charge >= 0.3 is 0 Å². The topological polar surface area (TPSA) is 18.5 Å². The first kappa shape index (κ1) is 26.5. The molecule has 1 aliphatic carbocycles. The van der Waals surface area contributed by atoms with Crippen LogP contribution in [0.3, 0.4) is 0 Å². The Labute approximate surface area is 215 Å². The standard InChI is InChI=1S/C31H30F4O2/c1-3-19-37-27-18-17-26(30(34)31(27)35)21-8-5-20(6-9-21)7-10-23-13-16-25(29(33)28(23)32)22-11-14-24(15-12-22)36-4-2/h3,8,11-18,20H,1,4-7,9-10,19H2,2H3. The molecule has 0 spiro atoms. The average molecular weight is 511 g/mol. The lowest BCUT2D eigenvalue weighted by Gasteiger charge is -2.23. The maximum Gasteiger partial charge on any atom is 0.201 e. The van der Waals surface area contributed by atoms with E-state index in [0.717, 1.165) is 12.0 Å². The van der Waals surface area contributed by atoms with E-state index >= 15 is 0 Å². The van der Waals surface area contributed by atoms with Gasteiger partial charge in [-0.1, -0.05) is 43.0 Å². The number of hydrogen-bond acceptors (Lipinski definition) is 2. The van der Waals surface area contributed by atoms with Crippen LogP contribution in [-0.2, 0) is 6.42 Å². The van der Waals surface area contributed by atoms with Crippen molar-refractivity contribution in [1.82, 2.24) is 0 Å². The van der Waals surface area contributed by atoms with E-state index in [1.807, 2.05) is 13.0 Å². The van der Waals surface area contributed by atoms with Gasteiger partial charge in [0.1, 0.15) is 12.4 Å². The van der Waals surface area contributed by atoms with E-state index in [2.05, 4.69) is 6.58 Å². The second-order valence-electron chi connectivity index (χ2n) is 9.10. The number of halogens is 4. The molecule has 0 radical (unpaired) electrons. The molecule has 1 atom stereocenters. The summed E-state index contributed by atoms with van der Waals surface area (Å²) in [5.41, 5.74) is 2.12. The third-order valence-corrected chi connectivity index (χ3v) is 6.73. The summed E-state index contributed by atoms with van der Waals surface area (Å²) >= 11 is 0. The van der Waals surface area contributed by atoms with Crippen molar-refractivity contribution in [3.8, 4) is 22.6 Å². The van der Waals surface area contributed by atoms with E-state index in [-0.39, 0.29) is 29.4 Å². The minimum atomic E-state index is -1.01. The maximum atomic E-state index is 14.9. The van der Waals surface area contributed by atoms with Gasteiger partial charge in [0.25, 0.3) is 0 Å². The average Bonchev–Trinajstić information content (AvgIpc) is 2.92. The van der Waals surface area contributed by atoms with Crippen molar-refractivity contribution in [1.29, 1.82) is 0 Å². The fourth-order valence-corrected chi connectivity index (χ4v) is 4.70. The van der Waals surface area contributed by atoms with Crippen molar-refractivity contribution in [3.05, 3.63) is 102 Å².